The first-order valence-electron chi connectivity index (χ1n) is 12.0. The maximum Gasteiger partial charge on any atom is 0.255 e. The number of anilines is 1. The number of hydrogen-bond donors (Lipinski definition) is 2. The monoisotopic (exact) mass is 439 g/mol. The second kappa shape index (κ2) is 8.53. The van der Waals surface area contributed by atoms with Crippen LogP contribution in [0.4, 0.5) is 5.69 Å². The number of likely N-dealkylation sites (tertiary alicyclic amines) is 1. The summed E-state index contributed by atoms with van der Waals surface area (Å²) in [6.45, 7) is 1.61. The lowest BCUT2D eigenvalue weighted by Gasteiger charge is -2.55. The first kappa shape index (κ1) is 20.9. The molecule has 6 rings (SSSR count). The van der Waals surface area contributed by atoms with Crippen molar-refractivity contribution in [3.05, 3.63) is 29.8 Å². The Morgan fingerprint density at radius 2 is 1.48 bits per heavy atom. The van der Waals surface area contributed by atoms with Crippen molar-refractivity contribution < 1.29 is 9.59 Å². The molecule has 5 aliphatic rings. The predicted molar refractivity (Wildman–Crippen MR) is 126 cm³/mol. The lowest BCUT2D eigenvalue weighted by Crippen LogP contribution is -2.55. The SMILES string of the molecule is O=C(c1ccccc1NC(=S)NC(=O)C12CC3CC(CC(C3)C1)C2)N1CCCCCC1. The van der Waals surface area contributed by atoms with Crippen LogP contribution >= 0.6 is 12.2 Å². The predicted octanol–water partition coefficient (Wildman–Crippen LogP) is 4.73. The van der Waals surface area contributed by atoms with Gasteiger partial charge in [0.25, 0.3) is 5.91 Å². The number of carbonyl (C=O) groups is 2. The van der Waals surface area contributed by atoms with Crippen LogP contribution in [0.5, 0.6) is 0 Å². The van der Waals surface area contributed by atoms with E-state index in [2.05, 4.69) is 10.6 Å². The van der Waals surface area contributed by atoms with Crippen LogP contribution in [0.1, 0.15) is 74.6 Å². The summed E-state index contributed by atoms with van der Waals surface area (Å²) in [6, 6.07) is 7.49. The van der Waals surface area contributed by atoms with Gasteiger partial charge in [0.15, 0.2) is 5.11 Å². The zero-order valence-corrected chi connectivity index (χ0v) is 19.0. The summed E-state index contributed by atoms with van der Waals surface area (Å²) in [5.41, 5.74) is 1.06. The number of thiocarbonyl (C=S) groups is 1. The zero-order valence-electron chi connectivity index (χ0n) is 18.2. The van der Waals surface area contributed by atoms with Crippen molar-refractivity contribution in [1.82, 2.24) is 10.2 Å². The summed E-state index contributed by atoms with van der Waals surface area (Å²) >= 11 is 5.52. The molecule has 166 valence electrons. The number of rotatable bonds is 3. The number of nitrogens with zero attached hydrogens (tertiary/aromatic N) is 1. The van der Waals surface area contributed by atoms with E-state index in [0.717, 1.165) is 45.2 Å². The van der Waals surface area contributed by atoms with Gasteiger partial charge in [-0.15, -0.1) is 0 Å². The quantitative estimate of drug-likeness (QED) is 0.669. The maximum atomic E-state index is 13.3. The van der Waals surface area contributed by atoms with Crippen molar-refractivity contribution in [1.29, 1.82) is 0 Å². The second-order valence-electron chi connectivity index (χ2n) is 10.4. The Morgan fingerprint density at radius 3 is 2.10 bits per heavy atom. The van der Waals surface area contributed by atoms with Gasteiger partial charge in [-0.2, -0.15) is 0 Å². The van der Waals surface area contributed by atoms with Crippen LogP contribution in [0, 0.1) is 23.2 Å². The van der Waals surface area contributed by atoms with E-state index in [4.69, 9.17) is 12.2 Å². The van der Waals surface area contributed by atoms with Crippen LogP contribution in [0.3, 0.4) is 0 Å². The molecule has 1 heterocycles. The van der Waals surface area contributed by atoms with Gasteiger partial charge in [-0.05, 0) is 93.5 Å². The molecule has 4 aliphatic carbocycles. The first-order chi connectivity index (χ1) is 15.0. The molecular formula is C25H33N3O2S. The van der Waals surface area contributed by atoms with Crippen LogP contribution in [0.2, 0.25) is 0 Å². The van der Waals surface area contributed by atoms with Gasteiger partial charge in [-0.3, -0.25) is 9.59 Å². The number of amides is 2. The summed E-state index contributed by atoms with van der Waals surface area (Å²) in [5, 5.41) is 6.46. The Bertz CT molecular complexity index is 840. The van der Waals surface area contributed by atoms with Crippen molar-refractivity contribution in [3.8, 4) is 0 Å². The van der Waals surface area contributed by atoms with Crippen molar-refractivity contribution in [3.63, 3.8) is 0 Å². The van der Waals surface area contributed by atoms with E-state index in [0.29, 0.717) is 34.1 Å². The molecule has 0 aromatic heterocycles. The van der Waals surface area contributed by atoms with Crippen molar-refractivity contribution in [2.75, 3.05) is 18.4 Å². The second-order valence-corrected chi connectivity index (χ2v) is 10.8. The van der Waals surface area contributed by atoms with E-state index in [-0.39, 0.29) is 17.2 Å². The minimum Gasteiger partial charge on any atom is -0.339 e. The molecule has 0 unspecified atom stereocenters. The van der Waals surface area contributed by atoms with Gasteiger partial charge in [-0.1, -0.05) is 25.0 Å². The Morgan fingerprint density at radius 1 is 0.903 bits per heavy atom. The van der Waals surface area contributed by atoms with Gasteiger partial charge in [0.2, 0.25) is 5.91 Å². The molecule has 0 spiro atoms. The largest absolute Gasteiger partial charge is 0.339 e. The minimum atomic E-state index is -0.234. The Kier molecular flexibility index (Phi) is 5.76. The standard InChI is InChI=1S/C25H33N3O2S/c29-22(28-9-5-1-2-6-10-28)20-7-3-4-8-21(20)26-24(31)27-23(30)25-14-17-11-18(15-25)13-19(12-17)16-25/h3-4,7-8,17-19H,1-2,5-6,9-16H2,(H2,26,27,30,31). The normalized spacial score (nSPS) is 31.7. The topological polar surface area (TPSA) is 61.4 Å². The average molecular weight is 440 g/mol. The highest BCUT2D eigenvalue weighted by Gasteiger charge is 2.54. The third-order valence-corrected chi connectivity index (χ3v) is 8.25. The summed E-state index contributed by atoms with van der Waals surface area (Å²) in [4.78, 5) is 28.4. The average Bonchev–Trinajstić information content (AvgIpc) is 3.02. The summed E-state index contributed by atoms with van der Waals surface area (Å²) < 4.78 is 0. The van der Waals surface area contributed by atoms with Gasteiger partial charge in [0.1, 0.15) is 0 Å². The Hall–Kier alpha value is -1.95. The molecule has 0 atom stereocenters. The van der Waals surface area contributed by atoms with Crippen LogP contribution < -0.4 is 10.6 Å². The zero-order chi connectivity index (χ0) is 21.4. The smallest absolute Gasteiger partial charge is 0.255 e. The van der Waals surface area contributed by atoms with E-state index in [1.807, 2.05) is 29.2 Å². The number of carbonyl (C=O) groups excluding carboxylic acids is 2. The highest BCUT2D eigenvalue weighted by molar-refractivity contribution is 7.80. The lowest BCUT2D eigenvalue weighted by atomic mass is 9.49. The third kappa shape index (κ3) is 4.23. The summed E-state index contributed by atoms with van der Waals surface area (Å²) in [7, 11) is 0. The van der Waals surface area contributed by atoms with Gasteiger partial charge >= 0.3 is 0 Å². The van der Waals surface area contributed by atoms with E-state index in [1.165, 1.54) is 32.1 Å². The summed E-state index contributed by atoms with van der Waals surface area (Å²) in [6.07, 6.45) is 11.4. The molecule has 1 saturated heterocycles. The fourth-order valence-corrected chi connectivity index (χ4v) is 7.20. The van der Waals surface area contributed by atoms with Crippen molar-refractivity contribution in [2.24, 2.45) is 23.2 Å². The molecule has 5 nitrogen and oxygen atoms in total. The molecule has 1 aliphatic heterocycles. The number of benzene rings is 1. The highest BCUT2D eigenvalue weighted by atomic mass is 32.1. The van der Waals surface area contributed by atoms with Gasteiger partial charge in [0.05, 0.1) is 16.7 Å². The first-order valence-corrected chi connectivity index (χ1v) is 12.4. The van der Waals surface area contributed by atoms with E-state index >= 15 is 0 Å². The fourth-order valence-electron chi connectivity index (χ4n) is 7.00. The van der Waals surface area contributed by atoms with Gasteiger partial charge in [-0.25, -0.2) is 0 Å². The Labute approximate surface area is 190 Å². The molecule has 1 aromatic rings. The molecule has 5 fully saturated rings. The molecule has 6 heteroatoms. The molecule has 4 bridgehead atoms. The maximum absolute atomic E-state index is 13.3. The molecule has 2 N–H and O–H groups in total. The fraction of sp³-hybridized carbons (Fsp3) is 0.640. The van der Waals surface area contributed by atoms with Crippen molar-refractivity contribution >= 4 is 34.8 Å². The molecule has 4 saturated carbocycles. The molecule has 0 radical (unpaired) electrons. The molecule has 31 heavy (non-hydrogen) atoms. The van der Waals surface area contributed by atoms with E-state index < -0.39 is 0 Å². The third-order valence-electron chi connectivity index (χ3n) is 8.05. The van der Waals surface area contributed by atoms with Crippen LogP contribution in [-0.2, 0) is 4.79 Å². The van der Waals surface area contributed by atoms with E-state index in [9.17, 15) is 9.59 Å². The number of nitrogens with one attached hydrogen (secondary N) is 2. The van der Waals surface area contributed by atoms with Gasteiger partial charge in [0, 0.05) is 13.1 Å². The van der Waals surface area contributed by atoms with Gasteiger partial charge < -0.3 is 15.5 Å². The lowest BCUT2D eigenvalue weighted by molar-refractivity contribution is -0.144. The number of hydrogen-bond acceptors (Lipinski definition) is 3. The summed E-state index contributed by atoms with van der Waals surface area (Å²) in [5.74, 6) is 2.27. The van der Waals surface area contributed by atoms with Crippen LogP contribution in [-0.4, -0.2) is 34.9 Å². The van der Waals surface area contributed by atoms with E-state index in [1.54, 1.807) is 0 Å². The molecular weight excluding hydrogens is 406 g/mol. The minimum absolute atomic E-state index is 0.0419. The van der Waals surface area contributed by atoms with Crippen molar-refractivity contribution in [2.45, 2.75) is 64.2 Å². The highest BCUT2D eigenvalue weighted by Crippen LogP contribution is 2.60. The molecule has 1 aromatic carbocycles. The molecule has 2 amide bonds. The van der Waals surface area contributed by atoms with Crippen LogP contribution in [0.25, 0.3) is 0 Å². The van der Waals surface area contributed by atoms with Crippen LogP contribution in [0.15, 0.2) is 24.3 Å². The number of para-hydroxylation sites is 1. The Balaban J connectivity index is 1.26.